The zero-order chi connectivity index (χ0) is 13.1. The molecule has 18 heavy (non-hydrogen) atoms. The van der Waals surface area contributed by atoms with Gasteiger partial charge in [0.15, 0.2) is 5.82 Å². The summed E-state index contributed by atoms with van der Waals surface area (Å²) in [4.78, 5) is 3.90. The number of benzene rings is 1. The number of hydrogen-bond donors (Lipinski definition) is 1. The fourth-order valence-corrected chi connectivity index (χ4v) is 1.60. The summed E-state index contributed by atoms with van der Waals surface area (Å²) in [5.41, 5.74) is 0.0966. The molecule has 6 heteroatoms. The van der Waals surface area contributed by atoms with Crippen LogP contribution in [0.15, 0.2) is 30.3 Å². The van der Waals surface area contributed by atoms with E-state index < -0.39 is 11.6 Å². The van der Waals surface area contributed by atoms with Gasteiger partial charge in [-0.3, -0.25) is 0 Å². The third kappa shape index (κ3) is 2.55. The smallest absolute Gasteiger partial charge is 0.151 e. The van der Waals surface area contributed by atoms with Gasteiger partial charge in [-0.2, -0.15) is 5.26 Å². The molecule has 0 saturated heterocycles. The minimum Gasteiger partial charge on any atom is -0.337 e. The number of halogens is 3. The second-order valence-corrected chi connectivity index (χ2v) is 3.80. The maximum atomic E-state index is 13.5. The Morgan fingerprint density at radius 3 is 2.72 bits per heavy atom. The van der Waals surface area contributed by atoms with Gasteiger partial charge in [-0.15, -0.1) is 0 Å². The first-order valence-corrected chi connectivity index (χ1v) is 5.26. The Balaban J connectivity index is 2.37. The molecule has 90 valence electrons. The van der Waals surface area contributed by atoms with Crippen LogP contribution in [0.25, 0.3) is 0 Å². The number of nitriles is 1. The molecule has 2 aromatic rings. The quantitative estimate of drug-likeness (QED) is 0.902. The molecule has 0 unspecified atom stereocenters. The zero-order valence-electron chi connectivity index (χ0n) is 8.92. The van der Waals surface area contributed by atoms with E-state index in [0.717, 1.165) is 6.07 Å². The Kier molecular flexibility index (Phi) is 3.40. The van der Waals surface area contributed by atoms with Crippen LogP contribution >= 0.6 is 11.6 Å². The standard InChI is InChI=1S/C12H6ClF2N3/c13-9-4-7(14)5-10(15)12(9)18-11-3-1-2-8(6-16)17-11/h1-5H,(H,17,18). The van der Waals surface area contributed by atoms with Gasteiger partial charge in [-0.1, -0.05) is 17.7 Å². The second kappa shape index (κ2) is 4.98. The van der Waals surface area contributed by atoms with Crippen molar-refractivity contribution < 1.29 is 8.78 Å². The Bertz CT molecular complexity index is 614. The predicted molar refractivity (Wildman–Crippen MR) is 63.6 cm³/mol. The summed E-state index contributed by atoms with van der Waals surface area (Å²) in [7, 11) is 0. The highest BCUT2D eigenvalue weighted by atomic mass is 35.5. The number of hydrogen-bond acceptors (Lipinski definition) is 3. The molecular formula is C12H6ClF2N3. The molecule has 0 atom stereocenters. The maximum Gasteiger partial charge on any atom is 0.151 e. The Hall–Kier alpha value is -2.19. The lowest BCUT2D eigenvalue weighted by Crippen LogP contribution is -1.99. The topological polar surface area (TPSA) is 48.7 Å². The van der Waals surface area contributed by atoms with Crippen LogP contribution in [0.4, 0.5) is 20.3 Å². The summed E-state index contributed by atoms with van der Waals surface area (Å²) < 4.78 is 26.4. The average molecular weight is 266 g/mol. The van der Waals surface area contributed by atoms with Gasteiger partial charge in [0, 0.05) is 6.07 Å². The lowest BCUT2D eigenvalue weighted by atomic mass is 10.3. The molecule has 0 radical (unpaired) electrons. The van der Waals surface area contributed by atoms with E-state index in [1.54, 1.807) is 12.1 Å². The number of aromatic nitrogens is 1. The van der Waals surface area contributed by atoms with E-state index >= 15 is 0 Å². The van der Waals surface area contributed by atoms with Crippen LogP contribution in [-0.2, 0) is 0 Å². The summed E-state index contributed by atoms with van der Waals surface area (Å²) in [6.07, 6.45) is 0. The molecule has 0 aliphatic carbocycles. The first-order chi connectivity index (χ1) is 8.60. The second-order valence-electron chi connectivity index (χ2n) is 3.39. The highest BCUT2D eigenvalue weighted by Gasteiger charge is 2.10. The molecule has 3 nitrogen and oxygen atoms in total. The summed E-state index contributed by atoms with van der Waals surface area (Å²) in [5, 5.41) is 11.2. The summed E-state index contributed by atoms with van der Waals surface area (Å²) in [5.74, 6) is -1.34. The molecule has 0 aliphatic heterocycles. The average Bonchev–Trinajstić information content (AvgIpc) is 2.34. The third-order valence-electron chi connectivity index (χ3n) is 2.12. The van der Waals surface area contributed by atoms with E-state index in [4.69, 9.17) is 16.9 Å². The van der Waals surface area contributed by atoms with Crippen LogP contribution in [0.5, 0.6) is 0 Å². The number of nitrogens with zero attached hydrogens (tertiary/aromatic N) is 2. The molecule has 0 spiro atoms. The predicted octanol–water partition coefficient (Wildman–Crippen LogP) is 3.63. The molecule has 2 rings (SSSR count). The van der Waals surface area contributed by atoms with Crippen molar-refractivity contribution in [3.63, 3.8) is 0 Å². The van der Waals surface area contributed by atoms with Crippen molar-refractivity contribution in [3.8, 4) is 6.07 Å². The first-order valence-electron chi connectivity index (χ1n) is 4.89. The minimum atomic E-state index is -0.829. The van der Waals surface area contributed by atoms with Gasteiger partial charge in [0.25, 0.3) is 0 Å². The van der Waals surface area contributed by atoms with Gasteiger partial charge in [-0.25, -0.2) is 13.8 Å². The zero-order valence-corrected chi connectivity index (χ0v) is 9.67. The normalized spacial score (nSPS) is 9.89. The van der Waals surface area contributed by atoms with Crippen molar-refractivity contribution in [1.82, 2.24) is 4.98 Å². The highest BCUT2D eigenvalue weighted by molar-refractivity contribution is 6.33. The number of rotatable bonds is 2. The van der Waals surface area contributed by atoms with Crippen LogP contribution in [0.3, 0.4) is 0 Å². The van der Waals surface area contributed by atoms with E-state index in [1.165, 1.54) is 6.07 Å². The fraction of sp³-hybridized carbons (Fsp3) is 0. The number of anilines is 2. The first kappa shape index (κ1) is 12.3. The number of pyridine rings is 1. The molecule has 0 fully saturated rings. The number of nitrogens with one attached hydrogen (secondary N) is 1. The van der Waals surface area contributed by atoms with Gasteiger partial charge < -0.3 is 5.32 Å². The van der Waals surface area contributed by atoms with Gasteiger partial charge in [0.2, 0.25) is 0 Å². The molecule has 0 amide bonds. The van der Waals surface area contributed by atoms with Gasteiger partial charge in [-0.05, 0) is 18.2 Å². The molecule has 1 heterocycles. The van der Waals surface area contributed by atoms with E-state index in [0.29, 0.717) is 6.07 Å². The van der Waals surface area contributed by atoms with Crippen molar-refractivity contribution >= 4 is 23.1 Å². The van der Waals surface area contributed by atoms with E-state index in [1.807, 2.05) is 6.07 Å². The van der Waals surface area contributed by atoms with Crippen LogP contribution in [0.2, 0.25) is 5.02 Å². The summed E-state index contributed by atoms with van der Waals surface area (Å²) in [6, 6.07) is 8.19. The monoisotopic (exact) mass is 265 g/mol. The molecular weight excluding hydrogens is 260 g/mol. The van der Waals surface area contributed by atoms with Crippen molar-refractivity contribution in [1.29, 1.82) is 5.26 Å². The van der Waals surface area contributed by atoms with Crippen molar-refractivity contribution in [2.45, 2.75) is 0 Å². The molecule has 0 aliphatic rings. The SMILES string of the molecule is N#Cc1cccc(Nc2c(F)cc(F)cc2Cl)n1. The van der Waals surface area contributed by atoms with Crippen LogP contribution < -0.4 is 5.32 Å². The van der Waals surface area contributed by atoms with E-state index in [9.17, 15) is 8.78 Å². The molecule has 1 aromatic carbocycles. The largest absolute Gasteiger partial charge is 0.337 e. The van der Waals surface area contributed by atoms with E-state index in [2.05, 4.69) is 10.3 Å². The summed E-state index contributed by atoms with van der Waals surface area (Å²) in [6.45, 7) is 0. The molecule has 0 saturated carbocycles. The lowest BCUT2D eigenvalue weighted by Gasteiger charge is -2.08. The molecule has 1 aromatic heterocycles. The van der Waals surface area contributed by atoms with Crippen LogP contribution in [0.1, 0.15) is 5.69 Å². The van der Waals surface area contributed by atoms with Crippen molar-refractivity contribution in [2.24, 2.45) is 0 Å². The molecule has 0 bridgehead atoms. The fourth-order valence-electron chi connectivity index (χ4n) is 1.36. The Morgan fingerprint density at radius 2 is 2.06 bits per heavy atom. The molecule has 1 N–H and O–H groups in total. The van der Waals surface area contributed by atoms with Gasteiger partial charge in [0.1, 0.15) is 23.4 Å². The Labute approximate surface area is 107 Å². The van der Waals surface area contributed by atoms with Gasteiger partial charge >= 0.3 is 0 Å². The third-order valence-corrected chi connectivity index (χ3v) is 2.42. The van der Waals surface area contributed by atoms with Crippen LogP contribution in [-0.4, -0.2) is 4.98 Å². The van der Waals surface area contributed by atoms with Crippen molar-refractivity contribution in [2.75, 3.05) is 5.32 Å². The summed E-state index contributed by atoms with van der Waals surface area (Å²) >= 11 is 5.72. The van der Waals surface area contributed by atoms with Crippen LogP contribution in [0, 0.1) is 23.0 Å². The lowest BCUT2D eigenvalue weighted by molar-refractivity contribution is 0.586. The van der Waals surface area contributed by atoms with Crippen molar-refractivity contribution in [3.05, 3.63) is 52.7 Å². The maximum absolute atomic E-state index is 13.5. The Morgan fingerprint density at radius 1 is 1.28 bits per heavy atom. The minimum absolute atomic E-state index is 0.0827. The van der Waals surface area contributed by atoms with Gasteiger partial charge in [0.05, 0.1) is 10.7 Å². The van der Waals surface area contributed by atoms with E-state index in [-0.39, 0.29) is 22.2 Å². The highest BCUT2D eigenvalue weighted by Crippen LogP contribution is 2.28.